The van der Waals surface area contributed by atoms with Gasteiger partial charge in [-0.3, -0.25) is 4.79 Å². The SMILES string of the molecule is CNC1(C(N)=O)CCCC1CCSc1ccccc1Br. The number of hydrogen-bond donors (Lipinski definition) is 2. The number of likely N-dealkylation sites (N-methyl/N-ethyl adjacent to an activating group) is 1. The zero-order valence-electron chi connectivity index (χ0n) is 11.7. The number of primary amides is 1. The van der Waals surface area contributed by atoms with E-state index in [-0.39, 0.29) is 5.91 Å². The lowest BCUT2D eigenvalue weighted by Crippen LogP contribution is -2.56. The number of benzene rings is 1. The first-order chi connectivity index (χ1) is 9.60. The molecule has 0 bridgehead atoms. The van der Waals surface area contributed by atoms with Gasteiger partial charge < -0.3 is 11.1 Å². The average Bonchev–Trinajstić information content (AvgIpc) is 2.85. The molecule has 0 aromatic heterocycles. The van der Waals surface area contributed by atoms with Crippen molar-refractivity contribution in [3.8, 4) is 0 Å². The molecular weight excluding hydrogens is 336 g/mol. The Hall–Kier alpha value is -0.520. The van der Waals surface area contributed by atoms with Crippen LogP contribution in [0.5, 0.6) is 0 Å². The smallest absolute Gasteiger partial charge is 0.238 e. The maximum atomic E-state index is 11.8. The molecule has 20 heavy (non-hydrogen) atoms. The van der Waals surface area contributed by atoms with E-state index in [4.69, 9.17) is 5.73 Å². The molecule has 2 rings (SSSR count). The highest BCUT2D eigenvalue weighted by Gasteiger charge is 2.45. The molecule has 1 aromatic rings. The van der Waals surface area contributed by atoms with Crippen molar-refractivity contribution in [1.29, 1.82) is 0 Å². The second-order valence-electron chi connectivity index (χ2n) is 5.24. The van der Waals surface area contributed by atoms with E-state index in [2.05, 4.69) is 33.4 Å². The third-order valence-corrected chi connectivity index (χ3v) is 6.33. The van der Waals surface area contributed by atoms with Crippen LogP contribution >= 0.6 is 27.7 Å². The van der Waals surface area contributed by atoms with Gasteiger partial charge in [-0.15, -0.1) is 11.8 Å². The van der Waals surface area contributed by atoms with Gasteiger partial charge in [-0.2, -0.15) is 0 Å². The Morgan fingerprint density at radius 1 is 1.55 bits per heavy atom. The maximum Gasteiger partial charge on any atom is 0.238 e. The highest BCUT2D eigenvalue weighted by molar-refractivity contribution is 9.10. The molecule has 1 aromatic carbocycles. The second kappa shape index (κ2) is 6.96. The van der Waals surface area contributed by atoms with Crippen LogP contribution < -0.4 is 11.1 Å². The Balaban J connectivity index is 1.94. The number of halogens is 1. The van der Waals surface area contributed by atoms with Crippen molar-refractivity contribution in [3.63, 3.8) is 0 Å². The fourth-order valence-corrected chi connectivity index (χ4v) is 4.75. The predicted octanol–water partition coefficient (Wildman–Crippen LogP) is 3.17. The van der Waals surface area contributed by atoms with E-state index in [1.54, 1.807) is 0 Å². The average molecular weight is 357 g/mol. The summed E-state index contributed by atoms with van der Waals surface area (Å²) in [4.78, 5) is 13.0. The molecule has 1 aliphatic rings. The van der Waals surface area contributed by atoms with Gasteiger partial charge >= 0.3 is 0 Å². The van der Waals surface area contributed by atoms with E-state index in [9.17, 15) is 4.79 Å². The summed E-state index contributed by atoms with van der Waals surface area (Å²) in [5.41, 5.74) is 5.13. The van der Waals surface area contributed by atoms with Crippen LogP contribution in [0, 0.1) is 5.92 Å². The molecule has 1 saturated carbocycles. The molecular formula is C15H21BrN2OS. The lowest BCUT2D eigenvalue weighted by molar-refractivity contribution is -0.125. The molecule has 2 atom stereocenters. The molecule has 0 radical (unpaired) electrons. The molecule has 2 unspecified atom stereocenters. The normalized spacial score (nSPS) is 25.8. The third-order valence-electron chi connectivity index (χ3n) is 4.27. The van der Waals surface area contributed by atoms with Gasteiger partial charge in [0.25, 0.3) is 0 Å². The summed E-state index contributed by atoms with van der Waals surface area (Å²) < 4.78 is 1.13. The topological polar surface area (TPSA) is 55.1 Å². The Morgan fingerprint density at radius 2 is 2.30 bits per heavy atom. The molecule has 1 aliphatic carbocycles. The summed E-state index contributed by atoms with van der Waals surface area (Å²) in [5, 5.41) is 3.19. The van der Waals surface area contributed by atoms with E-state index in [1.165, 1.54) is 4.90 Å². The van der Waals surface area contributed by atoms with Crippen molar-refractivity contribution in [1.82, 2.24) is 5.32 Å². The Labute approximate surface area is 133 Å². The molecule has 0 saturated heterocycles. The summed E-state index contributed by atoms with van der Waals surface area (Å²) >= 11 is 5.39. The van der Waals surface area contributed by atoms with Gasteiger partial charge in [0.2, 0.25) is 5.91 Å². The summed E-state index contributed by atoms with van der Waals surface area (Å²) in [5.74, 6) is 1.15. The van der Waals surface area contributed by atoms with Gasteiger partial charge in [0.15, 0.2) is 0 Å². The summed E-state index contributed by atoms with van der Waals surface area (Å²) in [6.07, 6.45) is 4.04. The maximum absolute atomic E-state index is 11.8. The molecule has 5 heteroatoms. The number of nitrogens with two attached hydrogens (primary N) is 1. The molecule has 1 amide bonds. The van der Waals surface area contributed by atoms with Crippen LogP contribution in [0.25, 0.3) is 0 Å². The molecule has 1 fully saturated rings. The van der Waals surface area contributed by atoms with Crippen LogP contribution in [0.2, 0.25) is 0 Å². The van der Waals surface area contributed by atoms with Gasteiger partial charge in [0.05, 0.1) is 0 Å². The quantitative estimate of drug-likeness (QED) is 0.769. The van der Waals surface area contributed by atoms with Crippen molar-refractivity contribution < 1.29 is 4.79 Å². The van der Waals surface area contributed by atoms with Crippen LogP contribution in [-0.2, 0) is 4.79 Å². The first kappa shape index (κ1) is 15.9. The number of hydrogen-bond acceptors (Lipinski definition) is 3. The molecule has 3 N–H and O–H groups in total. The first-order valence-electron chi connectivity index (χ1n) is 6.96. The number of amides is 1. The number of carbonyl (C=O) groups is 1. The molecule has 0 aliphatic heterocycles. The fraction of sp³-hybridized carbons (Fsp3) is 0.533. The van der Waals surface area contributed by atoms with Crippen molar-refractivity contribution in [2.24, 2.45) is 11.7 Å². The van der Waals surface area contributed by atoms with Crippen LogP contribution in [0.1, 0.15) is 25.7 Å². The standard InChI is InChI=1S/C15H21BrN2OS/c1-18-15(14(17)19)9-4-5-11(15)8-10-20-13-7-3-2-6-12(13)16/h2-3,6-7,11,18H,4-5,8-10H2,1H3,(H2,17,19). The minimum Gasteiger partial charge on any atom is -0.368 e. The van der Waals surface area contributed by atoms with E-state index in [0.717, 1.165) is 35.9 Å². The lowest BCUT2D eigenvalue weighted by Gasteiger charge is -2.32. The zero-order chi connectivity index (χ0) is 14.6. The third kappa shape index (κ3) is 3.21. The number of carbonyl (C=O) groups excluding carboxylic acids is 1. The summed E-state index contributed by atoms with van der Waals surface area (Å²) in [6.45, 7) is 0. The van der Waals surface area contributed by atoms with Gasteiger partial charge in [-0.25, -0.2) is 0 Å². The molecule has 0 spiro atoms. The van der Waals surface area contributed by atoms with Crippen molar-refractivity contribution in [2.75, 3.05) is 12.8 Å². The van der Waals surface area contributed by atoms with Crippen LogP contribution in [0.3, 0.4) is 0 Å². The molecule has 3 nitrogen and oxygen atoms in total. The van der Waals surface area contributed by atoms with Gasteiger partial charge in [0.1, 0.15) is 5.54 Å². The minimum atomic E-state index is -0.492. The minimum absolute atomic E-state index is 0.201. The van der Waals surface area contributed by atoms with Crippen molar-refractivity contribution in [3.05, 3.63) is 28.7 Å². The van der Waals surface area contributed by atoms with Gasteiger partial charge in [-0.1, -0.05) is 18.6 Å². The number of rotatable bonds is 6. The van der Waals surface area contributed by atoms with E-state index >= 15 is 0 Å². The second-order valence-corrected chi connectivity index (χ2v) is 7.23. The van der Waals surface area contributed by atoms with Crippen LogP contribution in [0.15, 0.2) is 33.6 Å². The summed E-state index contributed by atoms with van der Waals surface area (Å²) in [7, 11) is 1.85. The van der Waals surface area contributed by atoms with Gasteiger partial charge in [-0.05, 0) is 66.0 Å². The molecule has 110 valence electrons. The van der Waals surface area contributed by atoms with Crippen LogP contribution in [-0.4, -0.2) is 24.2 Å². The van der Waals surface area contributed by atoms with E-state index in [0.29, 0.717) is 5.92 Å². The number of nitrogens with one attached hydrogen (secondary N) is 1. The highest BCUT2D eigenvalue weighted by atomic mass is 79.9. The largest absolute Gasteiger partial charge is 0.368 e. The Morgan fingerprint density at radius 3 is 2.95 bits per heavy atom. The highest BCUT2D eigenvalue weighted by Crippen LogP contribution is 2.39. The summed E-state index contributed by atoms with van der Waals surface area (Å²) in [6, 6.07) is 8.23. The monoisotopic (exact) mass is 356 g/mol. The Kier molecular flexibility index (Phi) is 5.52. The van der Waals surface area contributed by atoms with E-state index in [1.807, 2.05) is 30.9 Å². The first-order valence-corrected chi connectivity index (χ1v) is 8.74. The fourth-order valence-electron chi connectivity index (χ4n) is 3.12. The van der Waals surface area contributed by atoms with Crippen molar-refractivity contribution >= 4 is 33.6 Å². The predicted molar refractivity (Wildman–Crippen MR) is 87.8 cm³/mol. The lowest BCUT2D eigenvalue weighted by atomic mass is 9.84. The van der Waals surface area contributed by atoms with Crippen molar-refractivity contribution in [2.45, 2.75) is 36.1 Å². The van der Waals surface area contributed by atoms with Gasteiger partial charge in [0, 0.05) is 9.37 Å². The molecule has 0 heterocycles. The van der Waals surface area contributed by atoms with Crippen LogP contribution in [0.4, 0.5) is 0 Å². The number of thioether (sulfide) groups is 1. The van der Waals surface area contributed by atoms with E-state index < -0.39 is 5.54 Å². The zero-order valence-corrected chi connectivity index (χ0v) is 14.1. The Bertz CT molecular complexity index is 483.